The smallest absolute Gasteiger partial charge is 0.416 e. The highest BCUT2D eigenvalue weighted by molar-refractivity contribution is 5.79. The summed E-state index contributed by atoms with van der Waals surface area (Å²) in [6, 6.07) is 17.8. The van der Waals surface area contributed by atoms with Gasteiger partial charge < -0.3 is 14.7 Å². The molecule has 0 radical (unpaired) electrons. The van der Waals surface area contributed by atoms with Gasteiger partial charge in [-0.1, -0.05) is 54.6 Å². The summed E-state index contributed by atoms with van der Waals surface area (Å²) in [4.78, 5) is 13.8. The SMILES string of the molecule is O=C(OCC1c2ccccc2-c2ccccc21)N(CCO)Cc1ccc(F)cc1C(F)(F)F. The fraction of sp³-hybridized carbons (Fsp3) is 0.240. The highest BCUT2D eigenvalue weighted by Gasteiger charge is 2.35. The molecule has 1 amide bonds. The Kier molecular flexibility index (Phi) is 6.37. The summed E-state index contributed by atoms with van der Waals surface area (Å²) in [6.45, 7) is -1.19. The first-order valence-electron chi connectivity index (χ1n) is 10.4. The Morgan fingerprint density at radius 3 is 2.15 bits per heavy atom. The van der Waals surface area contributed by atoms with Crippen molar-refractivity contribution in [1.82, 2.24) is 4.90 Å². The molecule has 4 rings (SSSR count). The van der Waals surface area contributed by atoms with E-state index < -0.39 is 36.8 Å². The number of carbonyl (C=O) groups is 1. The van der Waals surface area contributed by atoms with E-state index >= 15 is 0 Å². The number of ether oxygens (including phenoxy) is 1. The summed E-state index contributed by atoms with van der Waals surface area (Å²) in [6.07, 6.45) is -5.65. The number of amides is 1. The van der Waals surface area contributed by atoms with Crippen LogP contribution in [0.15, 0.2) is 66.7 Å². The minimum atomic E-state index is -4.79. The third-order valence-corrected chi connectivity index (χ3v) is 5.70. The quantitative estimate of drug-likeness (QED) is 0.489. The van der Waals surface area contributed by atoms with E-state index in [0.29, 0.717) is 6.07 Å². The van der Waals surface area contributed by atoms with E-state index in [0.717, 1.165) is 39.3 Å². The van der Waals surface area contributed by atoms with Crippen LogP contribution in [0.2, 0.25) is 0 Å². The van der Waals surface area contributed by atoms with Gasteiger partial charge in [-0.05, 0) is 39.9 Å². The molecule has 172 valence electrons. The average molecular weight is 459 g/mol. The normalized spacial score (nSPS) is 12.9. The molecule has 1 aliphatic carbocycles. The summed E-state index contributed by atoms with van der Waals surface area (Å²) >= 11 is 0. The van der Waals surface area contributed by atoms with E-state index in [1.807, 2.05) is 48.5 Å². The molecule has 3 aromatic carbocycles. The van der Waals surface area contributed by atoms with Crippen molar-refractivity contribution in [2.75, 3.05) is 19.8 Å². The monoisotopic (exact) mass is 459 g/mol. The highest BCUT2D eigenvalue weighted by Crippen LogP contribution is 2.44. The minimum absolute atomic E-state index is 0.00959. The number of halogens is 4. The maximum Gasteiger partial charge on any atom is 0.416 e. The molecule has 0 atom stereocenters. The molecule has 8 heteroatoms. The maximum atomic E-state index is 13.4. The van der Waals surface area contributed by atoms with Crippen LogP contribution in [-0.2, 0) is 17.5 Å². The first-order valence-corrected chi connectivity index (χ1v) is 10.4. The zero-order valence-corrected chi connectivity index (χ0v) is 17.5. The molecule has 1 aliphatic rings. The molecular weight excluding hydrogens is 438 g/mol. The lowest BCUT2D eigenvalue weighted by Crippen LogP contribution is -2.35. The van der Waals surface area contributed by atoms with Gasteiger partial charge in [0, 0.05) is 19.0 Å². The Hall–Kier alpha value is -3.39. The van der Waals surface area contributed by atoms with Crippen LogP contribution >= 0.6 is 0 Å². The van der Waals surface area contributed by atoms with Gasteiger partial charge in [0.2, 0.25) is 0 Å². The second-order valence-electron chi connectivity index (χ2n) is 7.75. The Bertz CT molecular complexity index is 1120. The zero-order chi connectivity index (χ0) is 23.6. The van der Waals surface area contributed by atoms with Crippen LogP contribution in [0.3, 0.4) is 0 Å². The molecule has 0 saturated heterocycles. The standard InChI is InChI=1S/C25H21F4NO3/c26-17-10-9-16(23(13-17)25(27,28)29)14-30(11-12-31)24(32)33-15-22-20-7-3-1-5-18(20)19-6-2-4-8-21(19)22/h1-10,13,22,31H,11-12,14-15H2. The van der Waals surface area contributed by atoms with Gasteiger partial charge in [0.1, 0.15) is 12.4 Å². The molecule has 33 heavy (non-hydrogen) atoms. The van der Waals surface area contributed by atoms with E-state index in [1.54, 1.807) is 0 Å². The summed E-state index contributed by atoms with van der Waals surface area (Å²) in [5, 5.41) is 9.35. The van der Waals surface area contributed by atoms with Crippen molar-refractivity contribution in [2.24, 2.45) is 0 Å². The van der Waals surface area contributed by atoms with Gasteiger partial charge in [-0.25, -0.2) is 9.18 Å². The fourth-order valence-electron chi connectivity index (χ4n) is 4.20. The van der Waals surface area contributed by atoms with E-state index in [4.69, 9.17) is 4.74 Å². The topological polar surface area (TPSA) is 49.8 Å². The predicted octanol–water partition coefficient (Wildman–Crippen LogP) is 5.59. The Morgan fingerprint density at radius 1 is 0.970 bits per heavy atom. The van der Waals surface area contributed by atoms with Crippen LogP contribution in [0.1, 0.15) is 28.2 Å². The van der Waals surface area contributed by atoms with Crippen molar-refractivity contribution in [3.63, 3.8) is 0 Å². The lowest BCUT2D eigenvalue weighted by molar-refractivity contribution is -0.138. The van der Waals surface area contributed by atoms with Crippen molar-refractivity contribution in [3.05, 3.63) is 94.8 Å². The van der Waals surface area contributed by atoms with Crippen molar-refractivity contribution >= 4 is 6.09 Å². The molecular formula is C25H21F4NO3. The molecule has 0 unspecified atom stereocenters. The van der Waals surface area contributed by atoms with Crippen LogP contribution in [-0.4, -0.2) is 35.9 Å². The summed E-state index contributed by atoms with van der Waals surface area (Å²) in [5.74, 6) is -1.24. The molecule has 0 heterocycles. The van der Waals surface area contributed by atoms with Gasteiger partial charge in [0.15, 0.2) is 0 Å². The zero-order valence-electron chi connectivity index (χ0n) is 17.5. The number of aliphatic hydroxyl groups excluding tert-OH is 1. The van der Waals surface area contributed by atoms with Crippen LogP contribution in [0.25, 0.3) is 11.1 Å². The molecule has 0 bridgehead atoms. The van der Waals surface area contributed by atoms with E-state index in [-0.39, 0.29) is 24.6 Å². The number of rotatable bonds is 6. The first kappa shape index (κ1) is 22.8. The minimum Gasteiger partial charge on any atom is -0.448 e. The van der Waals surface area contributed by atoms with Crippen molar-refractivity contribution in [3.8, 4) is 11.1 Å². The van der Waals surface area contributed by atoms with Crippen molar-refractivity contribution < 1.29 is 32.2 Å². The fourth-order valence-corrected chi connectivity index (χ4v) is 4.20. The Balaban J connectivity index is 1.53. The highest BCUT2D eigenvalue weighted by atomic mass is 19.4. The molecule has 1 N–H and O–H groups in total. The molecule has 0 aromatic heterocycles. The van der Waals surface area contributed by atoms with Gasteiger partial charge >= 0.3 is 12.3 Å². The summed E-state index contributed by atoms with van der Waals surface area (Å²) in [5.41, 5.74) is 2.63. The number of carbonyl (C=O) groups excluding carboxylic acids is 1. The summed E-state index contributed by atoms with van der Waals surface area (Å²) in [7, 11) is 0. The molecule has 0 spiro atoms. The molecule has 3 aromatic rings. The molecule has 4 nitrogen and oxygen atoms in total. The van der Waals surface area contributed by atoms with Crippen molar-refractivity contribution in [1.29, 1.82) is 0 Å². The maximum absolute atomic E-state index is 13.4. The number of hydrogen-bond donors (Lipinski definition) is 1. The number of alkyl halides is 3. The van der Waals surface area contributed by atoms with Gasteiger partial charge in [-0.15, -0.1) is 0 Å². The van der Waals surface area contributed by atoms with E-state index in [1.165, 1.54) is 0 Å². The Labute approximate surface area is 188 Å². The van der Waals surface area contributed by atoms with E-state index in [2.05, 4.69) is 0 Å². The third-order valence-electron chi connectivity index (χ3n) is 5.70. The van der Waals surface area contributed by atoms with Gasteiger partial charge in [0.05, 0.1) is 12.2 Å². The molecule has 0 aliphatic heterocycles. The predicted molar refractivity (Wildman–Crippen MR) is 114 cm³/mol. The average Bonchev–Trinajstić information content (AvgIpc) is 3.11. The molecule has 0 saturated carbocycles. The number of benzene rings is 3. The van der Waals surface area contributed by atoms with Crippen LogP contribution in [0.4, 0.5) is 22.4 Å². The van der Waals surface area contributed by atoms with E-state index in [9.17, 15) is 27.5 Å². The number of aliphatic hydroxyl groups is 1. The van der Waals surface area contributed by atoms with Crippen molar-refractivity contribution in [2.45, 2.75) is 18.6 Å². The number of fused-ring (bicyclic) bond motifs is 3. The first-order chi connectivity index (χ1) is 15.8. The number of hydrogen-bond acceptors (Lipinski definition) is 3. The second kappa shape index (κ2) is 9.23. The van der Waals surface area contributed by atoms with Gasteiger partial charge in [-0.2, -0.15) is 13.2 Å². The Morgan fingerprint density at radius 2 is 1.58 bits per heavy atom. The van der Waals surface area contributed by atoms with Gasteiger partial charge in [-0.3, -0.25) is 0 Å². The lowest BCUT2D eigenvalue weighted by atomic mass is 9.98. The van der Waals surface area contributed by atoms with Crippen LogP contribution < -0.4 is 0 Å². The van der Waals surface area contributed by atoms with Crippen LogP contribution in [0.5, 0.6) is 0 Å². The number of nitrogens with zero attached hydrogens (tertiary/aromatic N) is 1. The lowest BCUT2D eigenvalue weighted by Gasteiger charge is -2.24. The summed E-state index contributed by atoms with van der Waals surface area (Å²) < 4.78 is 59.0. The largest absolute Gasteiger partial charge is 0.448 e. The second-order valence-corrected chi connectivity index (χ2v) is 7.75. The third kappa shape index (κ3) is 4.71. The van der Waals surface area contributed by atoms with Crippen LogP contribution in [0, 0.1) is 5.82 Å². The molecule has 0 fully saturated rings. The van der Waals surface area contributed by atoms with Gasteiger partial charge in [0.25, 0.3) is 0 Å².